The van der Waals surface area contributed by atoms with Crippen molar-refractivity contribution in [3.63, 3.8) is 0 Å². The highest BCUT2D eigenvalue weighted by molar-refractivity contribution is 5.78. The van der Waals surface area contributed by atoms with Gasteiger partial charge in [-0.3, -0.25) is 0 Å². The lowest BCUT2D eigenvalue weighted by Gasteiger charge is -2.09. The summed E-state index contributed by atoms with van der Waals surface area (Å²) >= 11 is 0. The molecule has 2 heteroatoms. The first-order chi connectivity index (χ1) is 4.14. The van der Waals surface area contributed by atoms with Gasteiger partial charge in [0, 0.05) is 6.42 Å². The van der Waals surface area contributed by atoms with E-state index in [-0.39, 0.29) is 5.54 Å². The SMILES string of the molecule is COC1=NC(C)(C)CC1. The van der Waals surface area contributed by atoms with Gasteiger partial charge in [0.15, 0.2) is 5.90 Å². The van der Waals surface area contributed by atoms with Crippen molar-refractivity contribution in [2.45, 2.75) is 32.2 Å². The molecule has 0 bridgehead atoms. The van der Waals surface area contributed by atoms with Gasteiger partial charge in [0.25, 0.3) is 0 Å². The van der Waals surface area contributed by atoms with Crippen LogP contribution in [0.4, 0.5) is 0 Å². The molecule has 1 rings (SSSR count). The summed E-state index contributed by atoms with van der Waals surface area (Å²) in [6.07, 6.45) is 2.12. The molecule has 2 nitrogen and oxygen atoms in total. The third-order valence-electron chi connectivity index (χ3n) is 1.61. The second kappa shape index (κ2) is 2.01. The molecule has 0 spiro atoms. The Labute approximate surface area is 55.9 Å². The van der Waals surface area contributed by atoms with Gasteiger partial charge in [0.1, 0.15) is 0 Å². The molecule has 0 aliphatic carbocycles. The van der Waals surface area contributed by atoms with Crippen LogP contribution in [0.15, 0.2) is 4.99 Å². The predicted molar refractivity (Wildman–Crippen MR) is 37.8 cm³/mol. The number of ether oxygens (including phenoxy) is 1. The molecule has 0 atom stereocenters. The summed E-state index contributed by atoms with van der Waals surface area (Å²) in [5.74, 6) is 0.903. The Kier molecular flexibility index (Phi) is 1.47. The molecular weight excluding hydrogens is 114 g/mol. The van der Waals surface area contributed by atoms with Gasteiger partial charge in [-0.15, -0.1) is 0 Å². The van der Waals surface area contributed by atoms with Crippen molar-refractivity contribution < 1.29 is 4.74 Å². The highest BCUT2D eigenvalue weighted by atomic mass is 16.5. The minimum atomic E-state index is 0.130. The summed E-state index contributed by atoms with van der Waals surface area (Å²) in [7, 11) is 1.68. The van der Waals surface area contributed by atoms with E-state index in [4.69, 9.17) is 4.74 Å². The maximum Gasteiger partial charge on any atom is 0.183 e. The highest BCUT2D eigenvalue weighted by Crippen LogP contribution is 2.24. The van der Waals surface area contributed by atoms with Crippen LogP contribution in [0.5, 0.6) is 0 Å². The van der Waals surface area contributed by atoms with Gasteiger partial charge in [0.05, 0.1) is 12.6 Å². The van der Waals surface area contributed by atoms with Gasteiger partial charge >= 0.3 is 0 Å². The fourth-order valence-electron chi connectivity index (χ4n) is 1.01. The molecule has 9 heavy (non-hydrogen) atoms. The fourth-order valence-corrected chi connectivity index (χ4v) is 1.01. The van der Waals surface area contributed by atoms with Crippen molar-refractivity contribution in [3.05, 3.63) is 0 Å². The van der Waals surface area contributed by atoms with Crippen LogP contribution in [0.1, 0.15) is 26.7 Å². The van der Waals surface area contributed by atoms with Crippen molar-refractivity contribution in [1.82, 2.24) is 0 Å². The van der Waals surface area contributed by atoms with E-state index in [0.29, 0.717) is 0 Å². The maximum absolute atomic E-state index is 5.00. The first kappa shape index (κ1) is 6.59. The molecule has 1 aliphatic heterocycles. The third-order valence-corrected chi connectivity index (χ3v) is 1.61. The Morgan fingerprint density at radius 1 is 1.56 bits per heavy atom. The molecular formula is C7H13NO. The number of hydrogen-bond donors (Lipinski definition) is 0. The molecule has 0 N–H and O–H groups in total. The summed E-state index contributed by atoms with van der Waals surface area (Å²) in [6, 6.07) is 0. The average molecular weight is 127 g/mol. The van der Waals surface area contributed by atoms with Crippen molar-refractivity contribution >= 4 is 5.90 Å². The maximum atomic E-state index is 5.00. The standard InChI is InChI=1S/C7H13NO/c1-7(2)5-4-6(8-7)9-3/h4-5H2,1-3H3. The third kappa shape index (κ3) is 1.44. The van der Waals surface area contributed by atoms with E-state index < -0.39 is 0 Å². The van der Waals surface area contributed by atoms with Crippen molar-refractivity contribution in [1.29, 1.82) is 0 Å². The zero-order valence-electron chi connectivity index (χ0n) is 6.27. The van der Waals surface area contributed by atoms with E-state index in [1.807, 2.05) is 0 Å². The van der Waals surface area contributed by atoms with E-state index in [1.54, 1.807) is 7.11 Å². The zero-order valence-corrected chi connectivity index (χ0v) is 6.27. The van der Waals surface area contributed by atoms with Gasteiger partial charge in [-0.1, -0.05) is 0 Å². The lowest BCUT2D eigenvalue weighted by molar-refractivity contribution is 0.394. The Balaban J connectivity index is 2.61. The van der Waals surface area contributed by atoms with Gasteiger partial charge in [-0.2, -0.15) is 0 Å². The molecule has 52 valence electrons. The Bertz CT molecular complexity index is 138. The smallest absolute Gasteiger partial charge is 0.183 e. The topological polar surface area (TPSA) is 21.6 Å². The van der Waals surface area contributed by atoms with E-state index in [2.05, 4.69) is 18.8 Å². The number of hydrogen-bond acceptors (Lipinski definition) is 2. The zero-order chi connectivity index (χ0) is 6.91. The van der Waals surface area contributed by atoms with Crippen LogP contribution in [0, 0.1) is 0 Å². The molecule has 1 heterocycles. The molecule has 0 unspecified atom stereocenters. The highest BCUT2D eigenvalue weighted by Gasteiger charge is 2.24. The number of methoxy groups -OCH3 is 1. The number of rotatable bonds is 0. The Hall–Kier alpha value is -0.530. The van der Waals surface area contributed by atoms with Crippen LogP contribution in [-0.4, -0.2) is 18.5 Å². The summed E-state index contributed by atoms with van der Waals surface area (Å²) in [5.41, 5.74) is 0.130. The molecule has 0 radical (unpaired) electrons. The molecule has 0 saturated carbocycles. The summed E-state index contributed by atoms with van der Waals surface area (Å²) < 4.78 is 5.00. The van der Waals surface area contributed by atoms with E-state index in [9.17, 15) is 0 Å². The van der Waals surface area contributed by atoms with Crippen molar-refractivity contribution in [2.75, 3.05) is 7.11 Å². The van der Waals surface area contributed by atoms with Crippen molar-refractivity contribution in [2.24, 2.45) is 4.99 Å². The van der Waals surface area contributed by atoms with Crippen LogP contribution in [-0.2, 0) is 4.74 Å². The lowest BCUT2D eigenvalue weighted by Crippen LogP contribution is -2.10. The van der Waals surface area contributed by atoms with Crippen LogP contribution in [0.3, 0.4) is 0 Å². The monoisotopic (exact) mass is 127 g/mol. The van der Waals surface area contributed by atoms with Crippen LogP contribution in [0.2, 0.25) is 0 Å². The van der Waals surface area contributed by atoms with Gasteiger partial charge in [0.2, 0.25) is 0 Å². The van der Waals surface area contributed by atoms with Crippen molar-refractivity contribution in [3.8, 4) is 0 Å². The minimum Gasteiger partial charge on any atom is -0.484 e. The molecule has 0 aromatic heterocycles. The first-order valence-corrected chi connectivity index (χ1v) is 3.27. The van der Waals surface area contributed by atoms with Crippen LogP contribution in [0.25, 0.3) is 0 Å². The lowest BCUT2D eigenvalue weighted by atomic mass is 10.0. The Morgan fingerprint density at radius 2 is 2.22 bits per heavy atom. The molecule has 1 aliphatic rings. The normalized spacial score (nSPS) is 23.7. The van der Waals surface area contributed by atoms with E-state index >= 15 is 0 Å². The van der Waals surface area contributed by atoms with Crippen LogP contribution >= 0.6 is 0 Å². The minimum absolute atomic E-state index is 0.130. The van der Waals surface area contributed by atoms with Crippen LogP contribution < -0.4 is 0 Å². The molecule has 0 fully saturated rings. The molecule has 0 amide bonds. The molecule has 0 aromatic carbocycles. The fraction of sp³-hybridized carbons (Fsp3) is 0.857. The number of nitrogens with zero attached hydrogens (tertiary/aromatic N) is 1. The van der Waals surface area contributed by atoms with Gasteiger partial charge in [-0.25, -0.2) is 4.99 Å². The van der Waals surface area contributed by atoms with E-state index in [1.165, 1.54) is 0 Å². The quantitative estimate of drug-likeness (QED) is 0.484. The summed E-state index contributed by atoms with van der Waals surface area (Å²) in [4.78, 5) is 4.33. The van der Waals surface area contributed by atoms with Gasteiger partial charge in [-0.05, 0) is 20.3 Å². The predicted octanol–water partition coefficient (Wildman–Crippen LogP) is 1.60. The second-order valence-corrected chi connectivity index (χ2v) is 3.02. The molecule has 0 aromatic rings. The largest absolute Gasteiger partial charge is 0.484 e. The molecule has 0 saturated heterocycles. The summed E-state index contributed by atoms with van der Waals surface area (Å²) in [6.45, 7) is 4.25. The summed E-state index contributed by atoms with van der Waals surface area (Å²) in [5, 5.41) is 0. The first-order valence-electron chi connectivity index (χ1n) is 3.27. The average Bonchev–Trinajstić information content (AvgIpc) is 2.10. The van der Waals surface area contributed by atoms with E-state index in [0.717, 1.165) is 18.7 Å². The number of aliphatic imine (C=N–C) groups is 1. The second-order valence-electron chi connectivity index (χ2n) is 3.02. The Morgan fingerprint density at radius 3 is 2.44 bits per heavy atom. The van der Waals surface area contributed by atoms with Gasteiger partial charge < -0.3 is 4.74 Å².